The molecule has 0 aliphatic carbocycles. The summed E-state index contributed by atoms with van der Waals surface area (Å²) in [5.41, 5.74) is 4.83. The number of carbonyl (C=O) groups is 1. The lowest BCUT2D eigenvalue weighted by Crippen LogP contribution is -2.18. The lowest BCUT2D eigenvalue weighted by molar-refractivity contribution is -0.140. The molecule has 0 amide bonds. The van der Waals surface area contributed by atoms with Crippen LogP contribution in [0.3, 0.4) is 0 Å². The standard InChI is InChI=1S/C10H12F2N2O2/c1-2-16-9(15)5-14-10-7(11)3-6(13)4-8(10)12/h3-4,14H,2,5,13H2,1H3. The molecule has 0 aromatic heterocycles. The van der Waals surface area contributed by atoms with E-state index in [2.05, 4.69) is 10.1 Å². The lowest BCUT2D eigenvalue weighted by atomic mass is 10.2. The molecule has 0 bridgehead atoms. The average molecular weight is 230 g/mol. The van der Waals surface area contributed by atoms with Gasteiger partial charge >= 0.3 is 5.97 Å². The van der Waals surface area contributed by atoms with Crippen LogP contribution in [0.1, 0.15) is 6.92 Å². The summed E-state index contributed by atoms with van der Waals surface area (Å²) >= 11 is 0. The second-order valence-electron chi connectivity index (χ2n) is 3.02. The molecule has 0 spiro atoms. The maximum Gasteiger partial charge on any atom is 0.325 e. The molecule has 0 aliphatic rings. The summed E-state index contributed by atoms with van der Waals surface area (Å²) in [6, 6.07) is 1.94. The van der Waals surface area contributed by atoms with Gasteiger partial charge in [-0.1, -0.05) is 0 Å². The van der Waals surface area contributed by atoms with E-state index in [1.807, 2.05) is 0 Å². The Balaban J connectivity index is 2.70. The molecule has 0 aliphatic heterocycles. The molecule has 0 unspecified atom stereocenters. The molecule has 0 heterocycles. The van der Waals surface area contributed by atoms with E-state index in [1.54, 1.807) is 6.92 Å². The third kappa shape index (κ3) is 3.08. The van der Waals surface area contributed by atoms with Gasteiger partial charge in [0.2, 0.25) is 0 Å². The predicted octanol–water partition coefficient (Wildman–Crippen LogP) is 1.52. The van der Waals surface area contributed by atoms with E-state index in [9.17, 15) is 13.6 Å². The summed E-state index contributed by atoms with van der Waals surface area (Å²) < 4.78 is 31.0. The van der Waals surface area contributed by atoms with E-state index in [4.69, 9.17) is 5.73 Å². The molecular weight excluding hydrogens is 218 g/mol. The van der Waals surface area contributed by atoms with E-state index >= 15 is 0 Å². The number of benzene rings is 1. The van der Waals surface area contributed by atoms with Crippen molar-refractivity contribution >= 4 is 17.3 Å². The van der Waals surface area contributed by atoms with Crippen molar-refractivity contribution in [3.05, 3.63) is 23.8 Å². The van der Waals surface area contributed by atoms with Crippen molar-refractivity contribution in [2.24, 2.45) is 0 Å². The van der Waals surface area contributed by atoms with E-state index in [1.165, 1.54) is 0 Å². The zero-order chi connectivity index (χ0) is 12.1. The fraction of sp³-hybridized carbons (Fsp3) is 0.300. The number of halogens is 2. The summed E-state index contributed by atoms with van der Waals surface area (Å²) in [6.07, 6.45) is 0. The number of nitrogens with two attached hydrogens (primary N) is 1. The van der Waals surface area contributed by atoms with Gasteiger partial charge < -0.3 is 15.8 Å². The van der Waals surface area contributed by atoms with Crippen molar-refractivity contribution in [2.45, 2.75) is 6.92 Å². The molecule has 1 aromatic carbocycles. The van der Waals surface area contributed by atoms with Gasteiger partial charge in [0.25, 0.3) is 0 Å². The van der Waals surface area contributed by atoms with Gasteiger partial charge in [-0.15, -0.1) is 0 Å². The normalized spacial score (nSPS) is 9.94. The monoisotopic (exact) mass is 230 g/mol. The summed E-state index contributed by atoms with van der Waals surface area (Å²) in [6.45, 7) is 1.56. The highest BCUT2D eigenvalue weighted by molar-refractivity contribution is 5.75. The van der Waals surface area contributed by atoms with Crippen LogP contribution in [-0.2, 0) is 9.53 Å². The summed E-state index contributed by atoms with van der Waals surface area (Å²) in [5, 5.41) is 2.31. The molecule has 0 saturated carbocycles. The highest BCUT2D eigenvalue weighted by atomic mass is 19.1. The van der Waals surface area contributed by atoms with E-state index < -0.39 is 17.6 Å². The second-order valence-corrected chi connectivity index (χ2v) is 3.02. The molecule has 0 radical (unpaired) electrons. The molecule has 1 aromatic rings. The average Bonchev–Trinajstić information content (AvgIpc) is 2.16. The molecule has 1 rings (SSSR count). The molecular formula is C10H12F2N2O2. The van der Waals surface area contributed by atoms with Crippen LogP contribution in [0.15, 0.2) is 12.1 Å². The van der Waals surface area contributed by atoms with Crippen molar-refractivity contribution in [1.29, 1.82) is 0 Å². The first-order valence-electron chi connectivity index (χ1n) is 4.68. The van der Waals surface area contributed by atoms with Crippen LogP contribution < -0.4 is 11.1 Å². The topological polar surface area (TPSA) is 64.3 Å². The Labute approximate surface area is 91.4 Å². The van der Waals surface area contributed by atoms with Gasteiger partial charge in [-0.25, -0.2) is 8.78 Å². The van der Waals surface area contributed by atoms with Gasteiger partial charge in [0.15, 0.2) is 11.6 Å². The number of nitrogens with one attached hydrogen (secondary N) is 1. The summed E-state index contributed by atoms with van der Waals surface area (Å²) in [4.78, 5) is 11.0. The third-order valence-corrected chi connectivity index (χ3v) is 1.78. The van der Waals surface area contributed by atoms with E-state index in [0.717, 1.165) is 12.1 Å². The van der Waals surface area contributed by atoms with Crippen molar-refractivity contribution in [2.75, 3.05) is 24.2 Å². The Kier molecular flexibility index (Phi) is 4.04. The van der Waals surface area contributed by atoms with Gasteiger partial charge in [0, 0.05) is 5.69 Å². The van der Waals surface area contributed by atoms with Crippen LogP contribution in [0.25, 0.3) is 0 Å². The molecule has 0 atom stereocenters. The third-order valence-electron chi connectivity index (χ3n) is 1.78. The number of carbonyl (C=O) groups excluding carboxylic acids is 1. The van der Waals surface area contributed by atoms with Gasteiger partial charge in [0.1, 0.15) is 12.2 Å². The lowest BCUT2D eigenvalue weighted by Gasteiger charge is -2.08. The Morgan fingerprint density at radius 1 is 1.44 bits per heavy atom. The van der Waals surface area contributed by atoms with E-state index in [-0.39, 0.29) is 24.5 Å². The fourth-order valence-corrected chi connectivity index (χ4v) is 1.13. The number of rotatable bonds is 4. The fourth-order valence-electron chi connectivity index (χ4n) is 1.13. The predicted molar refractivity (Wildman–Crippen MR) is 55.9 cm³/mol. The van der Waals surface area contributed by atoms with Crippen LogP contribution in [-0.4, -0.2) is 19.1 Å². The van der Waals surface area contributed by atoms with Crippen molar-refractivity contribution < 1.29 is 18.3 Å². The smallest absolute Gasteiger partial charge is 0.325 e. The molecule has 6 heteroatoms. The van der Waals surface area contributed by atoms with Gasteiger partial charge in [-0.05, 0) is 19.1 Å². The van der Waals surface area contributed by atoms with Gasteiger partial charge in [-0.3, -0.25) is 4.79 Å². The maximum atomic E-state index is 13.2. The Hall–Kier alpha value is -1.85. The van der Waals surface area contributed by atoms with Crippen LogP contribution in [0, 0.1) is 11.6 Å². The molecule has 0 fully saturated rings. The number of anilines is 2. The minimum atomic E-state index is -0.846. The van der Waals surface area contributed by atoms with Crippen molar-refractivity contribution in [3.63, 3.8) is 0 Å². The molecule has 4 nitrogen and oxygen atoms in total. The largest absolute Gasteiger partial charge is 0.465 e. The first-order chi connectivity index (χ1) is 7.54. The van der Waals surface area contributed by atoms with Crippen LogP contribution in [0.4, 0.5) is 20.2 Å². The zero-order valence-electron chi connectivity index (χ0n) is 8.72. The van der Waals surface area contributed by atoms with E-state index in [0.29, 0.717) is 0 Å². The first kappa shape index (κ1) is 12.2. The SMILES string of the molecule is CCOC(=O)CNc1c(F)cc(N)cc1F. The number of hydrogen-bond acceptors (Lipinski definition) is 4. The highest BCUT2D eigenvalue weighted by Crippen LogP contribution is 2.21. The quantitative estimate of drug-likeness (QED) is 0.608. The molecule has 16 heavy (non-hydrogen) atoms. The minimum Gasteiger partial charge on any atom is -0.465 e. The van der Waals surface area contributed by atoms with Crippen LogP contribution in [0.2, 0.25) is 0 Å². The summed E-state index contributed by atoms with van der Waals surface area (Å²) in [7, 11) is 0. The van der Waals surface area contributed by atoms with Crippen LogP contribution >= 0.6 is 0 Å². The zero-order valence-corrected chi connectivity index (χ0v) is 8.72. The van der Waals surface area contributed by atoms with Gasteiger partial charge in [0.05, 0.1) is 6.61 Å². The molecule has 3 N–H and O–H groups in total. The molecule has 0 saturated heterocycles. The Morgan fingerprint density at radius 2 is 2.00 bits per heavy atom. The van der Waals surface area contributed by atoms with Crippen LogP contribution in [0.5, 0.6) is 0 Å². The highest BCUT2D eigenvalue weighted by Gasteiger charge is 2.11. The minimum absolute atomic E-state index is 0.0170. The maximum absolute atomic E-state index is 13.2. The summed E-state index contributed by atoms with van der Waals surface area (Å²) in [5.74, 6) is -2.28. The van der Waals surface area contributed by atoms with Crippen molar-refractivity contribution in [1.82, 2.24) is 0 Å². The number of esters is 1. The first-order valence-corrected chi connectivity index (χ1v) is 4.68. The second kappa shape index (κ2) is 5.29. The molecule has 88 valence electrons. The Bertz CT molecular complexity index is 373. The number of ether oxygens (including phenoxy) is 1. The number of hydrogen-bond donors (Lipinski definition) is 2. The van der Waals surface area contributed by atoms with Gasteiger partial charge in [-0.2, -0.15) is 0 Å². The number of nitrogen functional groups attached to an aromatic ring is 1. The van der Waals surface area contributed by atoms with Crippen molar-refractivity contribution in [3.8, 4) is 0 Å². The Morgan fingerprint density at radius 3 is 2.50 bits per heavy atom.